The second kappa shape index (κ2) is 5.37. The highest BCUT2D eigenvalue weighted by Crippen LogP contribution is 2.02. The van der Waals surface area contributed by atoms with Crippen LogP contribution in [-0.2, 0) is 20.6 Å². The minimum atomic E-state index is -0.367. The van der Waals surface area contributed by atoms with Gasteiger partial charge in [0.05, 0.1) is 32.6 Å². The molecule has 2 aromatic heterocycles. The van der Waals surface area contributed by atoms with Gasteiger partial charge in [-0.3, -0.25) is 13.9 Å². The number of quaternary nitrogens is 1. The molecular weight excluding hydrogens is 250 g/mol. The first-order chi connectivity index (χ1) is 9.07. The van der Waals surface area contributed by atoms with Gasteiger partial charge in [-0.2, -0.15) is 0 Å². The molecule has 104 valence electrons. The molecule has 0 aliphatic carbocycles. The van der Waals surface area contributed by atoms with Gasteiger partial charge in [-0.25, -0.2) is 9.78 Å². The van der Waals surface area contributed by atoms with Crippen molar-refractivity contribution in [1.82, 2.24) is 18.7 Å². The maximum atomic E-state index is 12.3. The Kier molecular flexibility index (Phi) is 3.82. The maximum Gasteiger partial charge on any atom is 0.332 e. The lowest BCUT2D eigenvalue weighted by atomic mass is 10.4. The largest absolute Gasteiger partial charge is 0.391 e. The molecule has 0 aliphatic rings. The van der Waals surface area contributed by atoms with Gasteiger partial charge in [0.15, 0.2) is 11.2 Å². The zero-order valence-corrected chi connectivity index (χ0v) is 11.0. The van der Waals surface area contributed by atoms with Gasteiger partial charge in [-0.1, -0.05) is 0 Å². The van der Waals surface area contributed by atoms with Gasteiger partial charge >= 0.3 is 5.69 Å². The molecule has 0 aromatic carbocycles. The molecule has 8 heteroatoms. The Hall–Kier alpha value is -1.93. The summed E-state index contributed by atoms with van der Waals surface area (Å²) in [4.78, 5) is 28.4. The van der Waals surface area contributed by atoms with Crippen molar-refractivity contribution in [1.29, 1.82) is 0 Å². The number of fused-ring (bicyclic) bond motifs is 1. The van der Waals surface area contributed by atoms with Gasteiger partial charge in [0, 0.05) is 14.1 Å². The van der Waals surface area contributed by atoms with Crippen LogP contribution in [0.1, 0.15) is 0 Å². The molecule has 0 radical (unpaired) electrons. The molecule has 0 saturated carbocycles. The number of rotatable bonds is 5. The molecule has 2 aromatic rings. The van der Waals surface area contributed by atoms with Crippen LogP contribution in [0.4, 0.5) is 0 Å². The van der Waals surface area contributed by atoms with E-state index in [2.05, 4.69) is 4.98 Å². The summed E-state index contributed by atoms with van der Waals surface area (Å²) in [7, 11) is 3.33. The van der Waals surface area contributed by atoms with Crippen LogP contribution in [0, 0.1) is 0 Å². The zero-order valence-electron chi connectivity index (χ0n) is 11.0. The maximum absolute atomic E-state index is 12.3. The van der Waals surface area contributed by atoms with Crippen molar-refractivity contribution >= 4 is 11.2 Å². The van der Waals surface area contributed by atoms with Crippen molar-refractivity contribution < 1.29 is 10.4 Å². The highest BCUT2D eigenvalue weighted by Gasteiger charge is 2.14. The number of aryl methyl sites for hydroxylation is 2. The summed E-state index contributed by atoms with van der Waals surface area (Å²) in [5, 5.41) is 10.5. The molecular formula is C11H18N5O3+. The van der Waals surface area contributed by atoms with E-state index in [1.54, 1.807) is 18.7 Å². The first kappa shape index (κ1) is 13.5. The smallest absolute Gasteiger partial charge is 0.332 e. The lowest BCUT2D eigenvalue weighted by Crippen LogP contribution is -2.86. The normalized spacial score (nSPS) is 11.3. The fourth-order valence-electron chi connectivity index (χ4n) is 2.05. The highest BCUT2D eigenvalue weighted by molar-refractivity contribution is 5.69. The fourth-order valence-corrected chi connectivity index (χ4v) is 2.05. The molecule has 19 heavy (non-hydrogen) atoms. The second-order valence-electron chi connectivity index (χ2n) is 4.42. The monoisotopic (exact) mass is 268 g/mol. The van der Waals surface area contributed by atoms with Crippen molar-refractivity contribution in [2.24, 2.45) is 14.1 Å². The Labute approximate surface area is 108 Å². The predicted octanol–water partition coefficient (Wildman–Crippen LogP) is -3.01. The van der Waals surface area contributed by atoms with E-state index >= 15 is 0 Å². The predicted molar refractivity (Wildman–Crippen MR) is 69.0 cm³/mol. The van der Waals surface area contributed by atoms with E-state index in [1.165, 1.54) is 15.5 Å². The number of nitrogens with two attached hydrogens (primary N) is 1. The van der Waals surface area contributed by atoms with Gasteiger partial charge in [-0.05, 0) is 0 Å². The summed E-state index contributed by atoms with van der Waals surface area (Å²) >= 11 is 0. The van der Waals surface area contributed by atoms with E-state index in [9.17, 15) is 9.59 Å². The van der Waals surface area contributed by atoms with Crippen molar-refractivity contribution in [3.05, 3.63) is 27.2 Å². The van der Waals surface area contributed by atoms with Gasteiger partial charge in [0.2, 0.25) is 0 Å². The number of aliphatic hydroxyl groups is 1. The summed E-state index contributed by atoms with van der Waals surface area (Å²) in [6.07, 6.45) is 1.52. The Morgan fingerprint density at radius 2 is 2.05 bits per heavy atom. The van der Waals surface area contributed by atoms with Crippen molar-refractivity contribution in [3.8, 4) is 0 Å². The third-order valence-corrected chi connectivity index (χ3v) is 3.09. The van der Waals surface area contributed by atoms with Crippen molar-refractivity contribution in [2.45, 2.75) is 6.54 Å². The third-order valence-electron chi connectivity index (χ3n) is 3.09. The van der Waals surface area contributed by atoms with Gasteiger partial charge < -0.3 is 15.0 Å². The molecule has 0 amide bonds. The van der Waals surface area contributed by atoms with Gasteiger partial charge in [0.25, 0.3) is 5.56 Å². The standard InChI is InChI=1S/C11H17N5O3/c1-14-7-13-9-8(14)10(18)16(11(19)15(9)2)5-3-12-4-6-17/h7,12,17H,3-6H2,1-2H3/p+1. The molecule has 3 N–H and O–H groups in total. The van der Waals surface area contributed by atoms with Gasteiger partial charge in [0.1, 0.15) is 0 Å². The van der Waals surface area contributed by atoms with Crippen LogP contribution in [0.2, 0.25) is 0 Å². The summed E-state index contributed by atoms with van der Waals surface area (Å²) in [5.41, 5.74) is 0.126. The summed E-state index contributed by atoms with van der Waals surface area (Å²) in [6.45, 7) is 1.52. The number of nitrogens with zero attached hydrogens (tertiary/aromatic N) is 4. The number of aromatic nitrogens is 4. The van der Waals surface area contributed by atoms with E-state index in [-0.39, 0.29) is 17.9 Å². The fraction of sp³-hybridized carbons (Fsp3) is 0.545. The quantitative estimate of drug-likeness (QED) is 0.564. The van der Waals surface area contributed by atoms with Crippen molar-refractivity contribution in [3.63, 3.8) is 0 Å². The van der Waals surface area contributed by atoms with Crippen LogP contribution in [0.15, 0.2) is 15.9 Å². The molecule has 2 heterocycles. The molecule has 0 aliphatic heterocycles. The van der Waals surface area contributed by atoms with E-state index in [0.29, 0.717) is 30.8 Å². The lowest BCUT2D eigenvalue weighted by molar-refractivity contribution is -0.657. The van der Waals surface area contributed by atoms with E-state index in [4.69, 9.17) is 5.11 Å². The minimum absolute atomic E-state index is 0.0771. The van der Waals surface area contributed by atoms with Crippen LogP contribution in [-0.4, -0.2) is 43.5 Å². The minimum Gasteiger partial charge on any atom is -0.391 e. The number of aliphatic hydroxyl groups excluding tert-OH is 1. The molecule has 2 rings (SSSR count). The Bertz CT molecular complexity index is 697. The van der Waals surface area contributed by atoms with Crippen LogP contribution in [0.5, 0.6) is 0 Å². The lowest BCUT2D eigenvalue weighted by Gasteiger charge is -2.07. The van der Waals surface area contributed by atoms with Gasteiger partial charge in [-0.15, -0.1) is 0 Å². The number of hydrogen-bond acceptors (Lipinski definition) is 4. The molecule has 0 saturated heterocycles. The second-order valence-corrected chi connectivity index (χ2v) is 4.42. The molecule has 0 fully saturated rings. The topological polar surface area (TPSA) is 98.7 Å². The highest BCUT2D eigenvalue weighted by atomic mass is 16.3. The van der Waals surface area contributed by atoms with Crippen LogP contribution in [0.25, 0.3) is 11.2 Å². The van der Waals surface area contributed by atoms with Crippen LogP contribution < -0.4 is 16.6 Å². The number of imidazole rings is 1. The Morgan fingerprint density at radius 3 is 2.74 bits per heavy atom. The average molecular weight is 268 g/mol. The Morgan fingerprint density at radius 1 is 1.32 bits per heavy atom. The third kappa shape index (κ3) is 2.32. The first-order valence-corrected chi connectivity index (χ1v) is 6.11. The molecule has 8 nitrogen and oxygen atoms in total. The molecule has 0 bridgehead atoms. The SMILES string of the molecule is Cn1cnc2c1c(=O)n(CC[NH2+]CCO)c(=O)n2C. The molecule has 0 unspecified atom stereocenters. The zero-order chi connectivity index (χ0) is 14.0. The van der Waals surface area contributed by atoms with Crippen molar-refractivity contribution in [2.75, 3.05) is 19.7 Å². The van der Waals surface area contributed by atoms with E-state index < -0.39 is 0 Å². The Balaban J connectivity index is 2.46. The molecule has 0 atom stereocenters. The number of hydrogen-bond donors (Lipinski definition) is 2. The first-order valence-electron chi connectivity index (χ1n) is 6.11. The summed E-state index contributed by atoms with van der Waals surface area (Å²) in [5.74, 6) is 0. The van der Waals surface area contributed by atoms with E-state index in [0.717, 1.165) is 0 Å². The van der Waals surface area contributed by atoms with Crippen LogP contribution >= 0.6 is 0 Å². The van der Waals surface area contributed by atoms with Crippen LogP contribution in [0.3, 0.4) is 0 Å². The summed E-state index contributed by atoms with van der Waals surface area (Å²) in [6, 6.07) is 0. The molecule has 0 spiro atoms. The average Bonchev–Trinajstić information content (AvgIpc) is 2.77. The van der Waals surface area contributed by atoms with E-state index in [1.807, 2.05) is 5.32 Å². The summed E-state index contributed by atoms with van der Waals surface area (Å²) < 4.78 is 4.20.